The molecule has 0 fully saturated rings. The first-order chi connectivity index (χ1) is 5.68. The Kier molecular flexibility index (Phi) is 1.81. The second kappa shape index (κ2) is 2.71. The van der Waals surface area contributed by atoms with Crippen molar-refractivity contribution >= 4 is 32.1 Å². The molecule has 0 radical (unpaired) electrons. The van der Waals surface area contributed by atoms with Gasteiger partial charge in [-0.25, -0.2) is 0 Å². The van der Waals surface area contributed by atoms with E-state index in [1.54, 1.807) is 27.9 Å². The van der Waals surface area contributed by atoms with Crippen LogP contribution in [0.3, 0.4) is 0 Å². The summed E-state index contributed by atoms with van der Waals surface area (Å²) in [7, 11) is 0. The quantitative estimate of drug-likeness (QED) is 0.697. The van der Waals surface area contributed by atoms with Crippen molar-refractivity contribution in [3.8, 4) is 0 Å². The lowest BCUT2D eigenvalue weighted by atomic mass is 10.5. The summed E-state index contributed by atoms with van der Waals surface area (Å²) in [5.41, 5.74) is 0.0255. The third-order valence-corrected chi connectivity index (χ3v) is 3.54. The van der Waals surface area contributed by atoms with Crippen LogP contribution in [0.5, 0.6) is 0 Å². The van der Waals surface area contributed by atoms with Gasteiger partial charge in [0.2, 0.25) is 0 Å². The molecule has 0 bridgehead atoms. The Morgan fingerprint density at radius 2 is 2.25 bits per heavy atom. The fraction of sp³-hybridized carbons (Fsp3) is 0.125. The monoisotopic (exact) mass is 243 g/mol. The van der Waals surface area contributed by atoms with E-state index >= 15 is 0 Å². The average Bonchev–Trinajstić information content (AvgIpc) is 2.41. The van der Waals surface area contributed by atoms with Crippen molar-refractivity contribution in [2.75, 3.05) is 0 Å². The largest absolute Gasteiger partial charge is 0.273 e. The second-order valence-corrected chi connectivity index (χ2v) is 4.63. The van der Waals surface area contributed by atoms with E-state index in [0.717, 1.165) is 14.2 Å². The molecule has 0 spiro atoms. The maximum absolute atomic E-state index is 11.3. The van der Waals surface area contributed by atoms with Crippen LogP contribution in [0.4, 0.5) is 0 Å². The molecule has 0 N–H and O–H groups in total. The van der Waals surface area contributed by atoms with Crippen LogP contribution < -0.4 is 5.56 Å². The van der Waals surface area contributed by atoms with Gasteiger partial charge in [-0.05, 0) is 28.9 Å². The zero-order chi connectivity index (χ0) is 8.72. The third kappa shape index (κ3) is 1.11. The Morgan fingerprint density at radius 1 is 1.50 bits per heavy atom. The summed E-state index contributed by atoms with van der Waals surface area (Å²) in [6, 6.07) is 3.34. The number of fused-ring (bicyclic) bond motifs is 1. The van der Waals surface area contributed by atoms with Crippen molar-refractivity contribution in [3.63, 3.8) is 0 Å². The zero-order valence-electron chi connectivity index (χ0n) is 6.37. The summed E-state index contributed by atoms with van der Waals surface area (Å²) in [5, 5.41) is 0. The molecule has 4 heteroatoms. The van der Waals surface area contributed by atoms with Crippen LogP contribution >= 0.6 is 27.3 Å². The Bertz CT molecular complexity index is 485. The highest BCUT2D eigenvalue weighted by molar-refractivity contribution is 9.10. The van der Waals surface area contributed by atoms with Gasteiger partial charge in [-0.2, -0.15) is 0 Å². The van der Waals surface area contributed by atoms with E-state index in [4.69, 9.17) is 0 Å². The first kappa shape index (κ1) is 8.01. The third-order valence-electron chi connectivity index (χ3n) is 1.60. The molecule has 0 saturated heterocycles. The lowest BCUT2D eigenvalue weighted by Gasteiger charge is -1.92. The molecule has 62 valence electrons. The Hall–Kier alpha value is -0.610. The van der Waals surface area contributed by atoms with Crippen molar-refractivity contribution in [3.05, 3.63) is 38.0 Å². The summed E-state index contributed by atoms with van der Waals surface area (Å²) >= 11 is 5.00. The standard InChI is InChI=1S/C8H6BrNOS/c1-5-4-10-7(11)3-2-6(9)8(10)12-5/h2-4H,1H3. The molecule has 0 atom stereocenters. The van der Waals surface area contributed by atoms with Gasteiger partial charge >= 0.3 is 0 Å². The normalized spacial score (nSPS) is 10.8. The number of halogens is 1. The minimum atomic E-state index is 0.0255. The number of pyridine rings is 1. The van der Waals surface area contributed by atoms with Gasteiger partial charge in [0.25, 0.3) is 5.56 Å². The van der Waals surface area contributed by atoms with Crippen LogP contribution in [0.2, 0.25) is 0 Å². The SMILES string of the molecule is Cc1cn2c(=O)ccc(Br)c2s1. The molecule has 0 aliphatic rings. The molecular weight excluding hydrogens is 238 g/mol. The molecule has 0 unspecified atom stereocenters. The predicted octanol–water partition coefficient (Wildman–Crippen LogP) is 2.43. The van der Waals surface area contributed by atoms with Crippen LogP contribution in [-0.2, 0) is 0 Å². The van der Waals surface area contributed by atoms with Crippen LogP contribution in [0, 0.1) is 6.92 Å². The van der Waals surface area contributed by atoms with Crippen molar-refractivity contribution < 1.29 is 0 Å². The summed E-state index contributed by atoms with van der Waals surface area (Å²) in [6.07, 6.45) is 1.85. The molecule has 2 nitrogen and oxygen atoms in total. The van der Waals surface area contributed by atoms with Gasteiger partial charge in [-0.15, -0.1) is 11.3 Å². The summed E-state index contributed by atoms with van der Waals surface area (Å²) in [6.45, 7) is 1.99. The maximum Gasteiger partial charge on any atom is 0.255 e. The molecule has 0 aliphatic heterocycles. The zero-order valence-corrected chi connectivity index (χ0v) is 8.78. The molecule has 2 aromatic heterocycles. The van der Waals surface area contributed by atoms with E-state index in [9.17, 15) is 4.79 Å². The number of hydrogen-bond acceptors (Lipinski definition) is 2. The van der Waals surface area contributed by atoms with E-state index in [2.05, 4.69) is 15.9 Å². The number of nitrogens with zero attached hydrogens (tertiary/aromatic N) is 1. The molecule has 0 saturated carbocycles. The minimum Gasteiger partial charge on any atom is -0.273 e. The Labute approximate surface area is 81.6 Å². The van der Waals surface area contributed by atoms with Crippen LogP contribution in [0.1, 0.15) is 4.88 Å². The van der Waals surface area contributed by atoms with E-state index in [0.29, 0.717) is 0 Å². The molecule has 0 aromatic carbocycles. The van der Waals surface area contributed by atoms with Gasteiger partial charge in [-0.1, -0.05) is 0 Å². The number of thiazole rings is 1. The fourth-order valence-corrected chi connectivity index (χ4v) is 2.53. The van der Waals surface area contributed by atoms with Crippen LogP contribution in [0.15, 0.2) is 27.6 Å². The summed E-state index contributed by atoms with van der Waals surface area (Å²) < 4.78 is 2.63. The first-order valence-corrected chi connectivity index (χ1v) is 5.07. The van der Waals surface area contributed by atoms with Gasteiger partial charge in [0.05, 0.1) is 4.47 Å². The van der Waals surface area contributed by atoms with Crippen molar-refractivity contribution in [2.24, 2.45) is 0 Å². The van der Waals surface area contributed by atoms with Crippen molar-refractivity contribution in [1.82, 2.24) is 4.40 Å². The van der Waals surface area contributed by atoms with Crippen molar-refractivity contribution in [1.29, 1.82) is 0 Å². The molecule has 2 rings (SSSR count). The number of aromatic nitrogens is 1. The lowest BCUT2D eigenvalue weighted by Crippen LogP contribution is -2.08. The fourth-order valence-electron chi connectivity index (χ4n) is 1.09. The highest BCUT2D eigenvalue weighted by Gasteiger charge is 2.02. The summed E-state index contributed by atoms with van der Waals surface area (Å²) in [5.74, 6) is 0. The van der Waals surface area contributed by atoms with E-state index in [1.165, 1.54) is 0 Å². The van der Waals surface area contributed by atoms with Crippen LogP contribution in [0.25, 0.3) is 4.83 Å². The topological polar surface area (TPSA) is 21.5 Å². The number of aryl methyl sites for hydroxylation is 1. The van der Waals surface area contributed by atoms with E-state index in [-0.39, 0.29) is 5.56 Å². The number of hydrogen-bond donors (Lipinski definition) is 0. The Morgan fingerprint density at radius 3 is 2.92 bits per heavy atom. The summed E-state index contributed by atoms with van der Waals surface area (Å²) in [4.78, 5) is 13.4. The molecule has 2 aromatic rings. The number of rotatable bonds is 0. The predicted molar refractivity (Wildman–Crippen MR) is 54.0 cm³/mol. The van der Waals surface area contributed by atoms with Crippen molar-refractivity contribution in [2.45, 2.75) is 6.92 Å². The molecule has 0 amide bonds. The van der Waals surface area contributed by atoms with Crippen LogP contribution in [-0.4, -0.2) is 4.40 Å². The average molecular weight is 244 g/mol. The Balaban J connectivity index is 3.03. The molecule has 12 heavy (non-hydrogen) atoms. The highest BCUT2D eigenvalue weighted by atomic mass is 79.9. The van der Waals surface area contributed by atoms with E-state index < -0.39 is 0 Å². The smallest absolute Gasteiger partial charge is 0.255 e. The molecular formula is C8H6BrNOS. The molecule has 2 heterocycles. The molecule has 0 aliphatic carbocycles. The van der Waals surface area contributed by atoms with Gasteiger partial charge < -0.3 is 0 Å². The van der Waals surface area contributed by atoms with E-state index in [1.807, 2.05) is 13.1 Å². The first-order valence-electron chi connectivity index (χ1n) is 3.46. The lowest BCUT2D eigenvalue weighted by molar-refractivity contribution is 1.11. The maximum atomic E-state index is 11.3. The van der Waals surface area contributed by atoms with Gasteiger partial charge in [0.15, 0.2) is 0 Å². The highest BCUT2D eigenvalue weighted by Crippen LogP contribution is 2.23. The minimum absolute atomic E-state index is 0.0255. The van der Waals surface area contributed by atoms with Gasteiger partial charge in [0.1, 0.15) is 4.83 Å². The second-order valence-electron chi connectivity index (χ2n) is 2.54. The van der Waals surface area contributed by atoms with Gasteiger partial charge in [-0.3, -0.25) is 9.20 Å². The van der Waals surface area contributed by atoms with Gasteiger partial charge in [0, 0.05) is 17.1 Å².